The largest absolute Gasteiger partial charge is 0.478 e. The molecule has 0 radical (unpaired) electrons. The zero-order valence-electron chi connectivity index (χ0n) is 12.9. The van der Waals surface area contributed by atoms with Crippen LogP contribution in [0.15, 0.2) is 18.3 Å². The first-order chi connectivity index (χ1) is 10.1. The summed E-state index contributed by atoms with van der Waals surface area (Å²) in [5, 5.41) is 8.68. The lowest BCUT2D eigenvalue weighted by Crippen LogP contribution is -2.37. The number of carboxylic acids is 1. The predicted molar refractivity (Wildman–Crippen MR) is 85.5 cm³/mol. The van der Waals surface area contributed by atoms with E-state index in [0.29, 0.717) is 6.04 Å². The van der Waals surface area contributed by atoms with Crippen molar-refractivity contribution >= 4 is 17.9 Å². The van der Waals surface area contributed by atoms with Gasteiger partial charge in [0.25, 0.3) is 0 Å². The zero-order chi connectivity index (χ0) is 15.2. The molecule has 1 N–H and O–H groups in total. The van der Waals surface area contributed by atoms with Gasteiger partial charge in [-0.15, -0.1) is 0 Å². The molecule has 1 aromatic heterocycles. The molecule has 1 saturated carbocycles. The van der Waals surface area contributed by atoms with Crippen LogP contribution in [0.1, 0.15) is 50.2 Å². The number of hydrogen-bond acceptors (Lipinski definition) is 3. The second kappa shape index (κ2) is 7.25. The fraction of sp³-hybridized carbons (Fsp3) is 0.529. The standard InChI is InChI=1S/C17H24N2O2/c1-3-19(15-7-5-4-6-8-15)17-13(2)11-14(12-18-17)9-10-16(20)21/h9-12,15H,3-8H2,1-2H3,(H,20,21)/b10-9+. The van der Waals surface area contributed by atoms with Crippen LogP contribution in [0.4, 0.5) is 5.82 Å². The summed E-state index contributed by atoms with van der Waals surface area (Å²) in [6.45, 7) is 5.18. The van der Waals surface area contributed by atoms with Gasteiger partial charge in [-0.3, -0.25) is 0 Å². The number of carboxylic acid groups (broad SMARTS) is 1. The summed E-state index contributed by atoms with van der Waals surface area (Å²) < 4.78 is 0. The van der Waals surface area contributed by atoms with Crippen LogP contribution < -0.4 is 4.90 Å². The summed E-state index contributed by atoms with van der Waals surface area (Å²) in [4.78, 5) is 17.6. The number of aryl methyl sites for hydroxylation is 1. The molecule has 114 valence electrons. The number of hydrogen-bond donors (Lipinski definition) is 1. The average Bonchev–Trinajstić information content (AvgIpc) is 2.49. The first-order valence-electron chi connectivity index (χ1n) is 7.76. The third-order valence-corrected chi connectivity index (χ3v) is 4.12. The van der Waals surface area contributed by atoms with Gasteiger partial charge in [-0.25, -0.2) is 9.78 Å². The topological polar surface area (TPSA) is 53.4 Å². The molecule has 1 aliphatic carbocycles. The second-order valence-corrected chi connectivity index (χ2v) is 5.66. The highest BCUT2D eigenvalue weighted by molar-refractivity contribution is 5.85. The maximum Gasteiger partial charge on any atom is 0.328 e. The van der Waals surface area contributed by atoms with Crippen LogP contribution in [0, 0.1) is 6.92 Å². The van der Waals surface area contributed by atoms with E-state index in [4.69, 9.17) is 5.11 Å². The lowest BCUT2D eigenvalue weighted by Gasteiger charge is -2.35. The molecule has 0 aliphatic heterocycles. The highest BCUT2D eigenvalue weighted by Gasteiger charge is 2.22. The predicted octanol–water partition coefficient (Wildman–Crippen LogP) is 3.65. The molecule has 0 bridgehead atoms. The van der Waals surface area contributed by atoms with Crippen LogP contribution in [0.5, 0.6) is 0 Å². The van der Waals surface area contributed by atoms with Crippen LogP contribution in [0.25, 0.3) is 6.08 Å². The van der Waals surface area contributed by atoms with Gasteiger partial charge in [-0.2, -0.15) is 0 Å². The first-order valence-corrected chi connectivity index (χ1v) is 7.76. The van der Waals surface area contributed by atoms with E-state index in [1.165, 1.54) is 32.1 Å². The minimum Gasteiger partial charge on any atom is -0.478 e. The molecule has 4 heteroatoms. The van der Waals surface area contributed by atoms with Gasteiger partial charge in [0.15, 0.2) is 0 Å². The molecule has 1 fully saturated rings. The van der Waals surface area contributed by atoms with E-state index in [9.17, 15) is 4.79 Å². The third-order valence-electron chi connectivity index (χ3n) is 4.12. The van der Waals surface area contributed by atoms with E-state index >= 15 is 0 Å². The van der Waals surface area contributed by atoms with Crippen molar-refractivity contribution in [1.82, 2.24) is 4.98 Å². The van der Waals surface area contributed by atoms with Crippen LogP contribution >= 0.6 is 0 Å². The Morgan fingerprint density at radius 3 is 2.71 bits per heavy atom. The summed E-state index contributed by atoms with van der Waals surface area (Å²) in [5.41, 5.74) is 1.94. The monoisotopic (exact) mass is 288 g/mol. The lowest BCUT2D eigenvalue weighted by atomic mass is 9.94. The van der Waals surface area contributed by atoms with Crippen molar-refractivity contribution < 1.29 is 9.90 Å². The Morgan fingerprint density at radius 1 is 1.43 bits per heavy atom. The molecule has 4 nitrogen and oxygen atoms in total. The summed E-state index contributed by atoms with van der Waals surface area (Å²) in [6, 6.07) is 2.60. The van der Waals surface area contributed by atoms with Gasteiger partial charge >= 0.3 is 5.97 Å². The van der Waals surface area contributed by atoms with Gasteiger partial charge in [0.1, 0.15) is 5.82 Å². The molecule has 0 saturated heterocycles. The summed E-state index contributed by atoms with van der Waals surface area (Å²) in [6.07, 6.45) is 10.9. The summed E-state index contributed by atoms with van der Waals surface area (Å²) in [5.74, 6) is 0.103. The van der Waals surface area contributed by atoms with Crippen molar-refractivity contribution in [2.45, 2.75) is 52.0 Å². The quantitative estimate of drug-likeness (QED) is 0.840. The van der Waals surface area contributed by atoms with E-state index in [1.807, 2.05) is 13.0 Å². The normalized spacial score (nSPS) is 16.3. The maximum atomic E-state index is 10.6. The molecule has 0 atom stereocenters. The van der Waals surface area contributed by atoms with Gasteiger partial charge in [0.05, 0.1) is 0 Å². The smallest absolute Gasteiger partial charge is 0.328 e. The van der Waals surface area contributed by atoms with Crippen LogP contribution in [-0.4, -0.2) is 28.6 Å². The van der Waals surface area contributed by atoms with Crippen LogP contribution in [0.3, 0.4) is 0 Å². The van der Waals surface area contributed by atoms with E-state index < -0.39 is 5.97 Å². The van der Waals surface area contributed by atoms with Crippen molar-refractivity contribution in [3.05, 3.63) is 29.5 Å². The molecular formula is C17H24N2O2. The number of aliphatic carboxylic acids is 1. The Hall–Kier alpha value is -1.84. The van der Waals surface area contributed by atoms with Gasteiger partial charge in [0, 0.05) is 24.9 Å². The number of rotatable bonds is 5. The molecule has 21 heavy (non-hydrogen) atoms. The number of carbonyl (C=O) groups is 1. The molecule has 0 unspecified atom stereocenters. The number of aromatic nitrogens is 1. The van der Waals surface area contributed by atoms with Crippen LogP contribution in [-0.2, 0) is 4.79 Å². The molecule has 0 aromatic carbocycles. The molecule has 1 aromatic rings. The minimum absolute atomic E-state index is 0.593. The summed E-state index contributed by atoms with van der Waals surface area (Å²) in [7, 11) is 0. The van der Waals surface area contributed by atoms with E-state index in [1.54, 1.807) is 12.3 Å². The van der Waals surface area contributed by atoms with Crippen LogP contribution in [0.2, 0.25) is 0 Å². The lowest BCUT2D eigenvalue weighted by molar-refractivity contribution is -0.131. The number of anilines is 1. The van der Waals surface area contributed by atoms with Gasteiger partial charge in [0.2, 0.25) is 0 Å². The summed E-state index contributed by atoms with van der Waals surface area (Å²) >= 11 is 0. The van der Waals surface area contributed by atoms with E-state index in [-0.39, 0.29) is 0 Å². The van der Waals surface area contributed by atoms with Gasteiger partial charge < -0.3 is 10.0 Å². The van der Waals surface area contributed by atoms with Crippen molar-refractivity contribution in [2.75, 3.05) is 11.4 Å². The second-order valence-electron chi connectivity index (χ2n) is 5.66. The Balaban J connectivity index is 2.19. The Morgan fingerprint density at radius 2 is 2.14 bits per heavy atom. The van der Waals surface area contributed by atoms with Gasteiger partial charge in [-0.1, -0.05) is 19.3 Å². The SMILES string of the molecule is CCN(c1ncc(/C=C/C(=O)O)cc1C)C1CCCCC1. The Bertz CT molecular complexity index is 520. The molecular weight excluding hydrogens is 264 g/mol. The zero-order valence-corrected chi connectivity index (χ0v) is 12.9. The molecule has 2 rings (SSSR count). The highest BCUT2D eigenvalue weighted by Crippen LogP contribution is 2.28. The minimum atomic E-state index is -0.936. The highest BCUT2D eigenvalue weighted by atomic mass is 16.4. The Kier molecular flexibility index (Phi) is 5.37. The van der Waals surface area contributed by atoms with Crippen molar-refractivity contribution in [3.8, 4) is 0 Å². The van der Waals surface area contributed by atoms with Crippen molar-refractivity contribution in [1.29, 1.82) is 0 Å². The van der Waals surface area contributed by atoms with E-state index in [2.05, 4.69) is 16.8 Å². The van der Waals surface area contributed by atoms with Gasteiger partial charge in [-0.05, 0) is 50.0 Å². The number of nitrogens with zero attached hydrogens (tertiary/aromatic N) is 2. The fourth-order valence-corrected chi connectivity index (χ4v) is 3.12. The van der Waals surface area contributed by atoms with Crippen molar-refractivity contribution in [3.63, 3.8) is 0 Å². The number of pyridine rings is 1. The molecule has 0 amide bonds. The molecule has 1 aliphatic rings. The van der Waals surface area contributed by atoms with Crippen molar-refractivity contribution in [2.24, 2.45) is 0 Å². The molecule has 0 spiro atoms. The fourth-order valence-electron chi connectivity index (χ4n) is 3.12. The van der Waals surface area contributed by atoms with E-state index in [0.717, 1.165) is 29.6 Å². The third kappa shape index (κ3) is 4.06. The molecule has 1 heterocycles. The average molecular weight is 288 g/mol. The Labute approximate surface area is 126 Å². The first kappa shape index (κ1) is 15.5. The maximum absolute atomic E-state index is 10.6.